The van der Waals surface area contributed by atoms with Gasteiger partial charge in [-0.25, -0.2) is 9.78 Å². The van der Waals surface area contributed by atoms with Crippen LogP contribution in [0.5, 0.6) is 5.75 Å². The fourth-order valence-electron chi connectivity index (χ4n) is 4.53. The molecule has 1 aliphatic rings. The lowest BCUT2D eigenvalue weighted by molar-refractivity contribution is 0.0768. The first-order chi connectivity index (χ1) is 16.8. The number of benzene rings is 1. The third-order valence-electron chi connectivity index (χ3n) is 6.46. The number of ether oxygens (including phenoxy) is 1. The Kier molecular flexibility index (Phi) is 7.23. The molecule has 1 aromatic carbocycles. The van der Waals surface area contributed by atoms with Gasteiger partial charge in [-0.1, -0.05) is 20.8 Å². The summed E-state index contributed by atoms with van der Waals surface area (Å²) >= 11 is 0. The van der Waals surface area contributed by atoms with Gasteiger partial charge in [0.15, 0.2) is 5.65 Å². The Balaban J connectivity index is 1.70. The van der Waals surface area contributed by atoms with Crippen LogP contribution in [0.1, 0.15) is 55.6 Å². The molecule has 0 bridgehead atoms. The van der Waals surface area contributed by atoms with E-state index in [1.54, 1.807) is 18.1 Å². The number of aromatic amines is 1. The van der Waals surface area contributed by atoms with Crippen LogP contribution >= 0.6 is 0 Å². The minimum atomic E-state index is -0.571. The molecule has 9 nitrogen and oxygen atoms in total. The maximum absolute atomic E-state index is 13.8. The van der Waals surface area contributed by atoms with Crippen molar-refractivity contribution in [3.05, 3.63) is 62.4 Å². The summed E-state index contributed by atoms with van der Waals surface area (Å²) < 4.78 is 6.72. The fourth-order valence-corrected chi connectivity index (χ4v) is 4.53. The molecule has 3 aromatic rings. The molecule has 186 valence electrons. The number of carbonyl (C=O) groups excluding carboxylic acids is 1. The highest BCUT2D eigenvalue weighted by molar-refractivity contribution is 6.05. The summed E-state index contributed by atoms with van der Waals surface area (Å²) in [4.78, 5) is 50.3. The van der Waals surface area contributed by atoms with Gasteiger partial charge in [0.1, 0.15) is 5.75 Å². The number of hydrogen-bond acceptors (Lipinski definition) is 6. The van der Waals surface area contributed by atoms with E-state index in [1.807, 2.05) is 45.0 Å². The lowest BCUT2D eigenvalue weighted by atomic mass is 10.0. The number of rotatable bonds is 6. The van der Waals surface area contributed by atoms with Crippen LogP contribution in [0.3, 0.4) is 0 Å². The van der Waals surface area contributed by atoms with Crippen LogP contribution in [-0.2, 0) is 6.54 Å². The molecule has 1 aliphatic heterocycles. The molecule has 0 atom stereocenters. The first-order valence-electron chi connectivity index (χ1n) is 12.2. The number of H-pyrrole nitrogens is 1. The van der Waals surface area contributed by atoms with Crippen molar-refractivity contribution in [1.29, 1.82) is 0 Å². The molecule has 0 aliphatic carbocycles. The van der Waals surface area contributed by atoms with Crippen LogP contribution in [0.25, 0.3) is 11.0 Å². The maximum atomic E-state index is 13.8. The Labute approximate surface area is 204 Å². The molecular formula is C26H33N5O4. The summed E-state index contributed by atoms with van der Waals surface area (Å²) in [5.74, 6) is 0.630. The van der Waals surface area contributed by atoms with Crippen molar-refractivity contribution in [2.45, 2.75) is 46.1 Å². The van der Waals surface area contributed by atoms with E-state index in [9.17, 15) is 14.4 Å². The molecule has 9 heteroatoms. The molecule has 3 heterocycles. The van der Waals surface area contributed by atoms with E-state index < -0.39 is 11.2 Å². The van der Waals surface area contributed by atoms with Gasteiger partial charge in [0.2, 0.25) is 0 Å². The van der Waals surface area contributed by atoms with Gasteiger partial charge in [-0.3, -0.25) is 19.1 Å². The average molecular weight is 480 g/mol. The van der Waals surface area contributed by atoms with E-state index in [0.29, 0.717) is 43.9 Å². The molecule has 0 spiro atoms. The second-order valence-electron chi connectivity index (χ2n) is 9.19. The van der Waals surface area contributed by atoms with Gasteiger partial charge in [-0.2, -0.15) is 0 Å². The van der Waals surface area contributed by atoms with Gasteiger partial charge in [-0.15, -0.1) is 0 Å². The van der Waals surface area contributed by atoms with E-state index in [2.05, 4.69) is 14.9 Å². The van der Waals surface area contributed by atoms with Crippen LogP contribution in [0, 0.1) is 0 Å². The Hall–Kier alpha value is -3.62. The number of aryl methyl sites for hydroxylation is 1. The number of carbonyl (C=O) groups is 1. The molecule has 35 heavy (non-hydrogen) atoms. The number of anilines is 1. The van der Waals surface area contributed by atoms with Crippen molar-refractivity contribution >= 4 is 22.6 Å². The monoisotopic (exact) mass is 479 g/mol. The molecule has 0 saturated carbocycles. The highest BCUT2D eigenvalue weighted by Gasteiger charge is 2.26. The third kappa shape index (κ3) is 4.94. The highest BCUT2D eigenvalue weighted by Crippen LogP contribution is 2.24. The number of hydrogen-bond donors (Lipinski definition) is 1. The number of nitrogens with one attached hydrogen (secondary N) is 1. The second-order valence-corrected chi connectivity index (χ2v) is 9.19. The maximum Gasteiger partial charge on any atom is 0.329 e. The van der Waals surface area contributed by atoms with Gasteiger partial charge in [0.05, 0.1) is 18.1 Å². The predicted molar refractivity (Wildman–Crippen MR) is 137 cm³/mol. The van der Waals surface area contributed by atoms with Crippen LogP contribution in [0.15, 0.2) is 39.9 Å². The Morgan fingerprint density at radius 1 is 1.11 bits per heavy atom. The number of amides is 1. The summed E-state index contributed by atoms with van der Waals surface area (Å²) in [6.45, 7) is 8.93. The standard InChI is InChI=1S/C26H33N5O4/c1-5-11-31-23-22(24(32)28-26(31)34)20(16-21(27-23)17(2)3)25(33)30-13-6-12-29(14-15-30)18-7-9-19(35-4)10-8-18/h7-10,16-17H,5-6,11-15H2,1-4H3,(H,28,32,34). The summed E-state index contributed by atoms with van der Waals surface area (Å²) in [6, 6.07) is 9.63. The lowest BCUT2D eigenvalue weighted by Gasteiger charge is -2.24. The number of aromatic nitrogens is 3. The van der Waals surface area contributed by atoms with Gasteiger partial charge in [0, 0.05) is 44.1 Å². The quantitative estimate of drug-likeness (QED) is 0.583. The number of pyridine rings is 1. The minimum absolute atomic E-state index is 0.0325. The molecule has 1 saturated heterocycles. The zero-order valence-electron chi connectivity index (χ0n) is 20.8. The van der Waals surface area contributed by atoms with Gasteiger partial charge < -0.3 is 14.5 Å². The van der Waals surface area contributed by atoms with E-state index in [4.69, 9.17) is 4.74 Å². The summed E-state index contributed by atoms with van der Waals surface area (Å²) in [5.41, 5.74) is 1.29. The Morgan fingerprint density at radius 3 is 2.51 bits per heavy atom. The molecule has 2 aromatic heterocycles. The van der Waals surface area contributed by atoms with Gasteiger partial charge >= 0.3 is 5.69 Å². The van der Waals surface area contributed by atoms with Crippen molar-refractivity contribution in [2.24, 2.45) is 0 Å². The van der Waals surface area contributed by atoms with Crippen molar-refractivity contribution in [3.63, 3.8) is 0 Å². The van der Waals surface area contributed by atoms with E-state index in [-0.39, 0.29) is 22.9 Å². The zero-order chi connectivity index (χ0) is 25.1. The van der Waals surface area contributed by atoms with E-state index in [1.165, 1.54) is 4.57 Å². The third-order valence-corrected chi connectivity index (χ3v) is 6.46. The fraction of sp³-hybridized carbons (Fsp3) is 0.462. The predicted octanol–water partition coefficient (Wildman–Crippen LogP) is 2.98. The largest absolute Gasteiger partial charge is 0.497 e. The van der Waals surface area contributed by atoms with Crippen LogP contribution in [0.4, 0.5) is 5.69 Å². The molecule has 0 radical (unpaired) electrons. The summed E-state index contributed by atoms with van der Waals surface area (Å²) in [5, 5.41) is 0.184. The molecule has 4 rings (SSSR count). The summed E-state index contributed by atoms with van der Waals surface area (Å²) in [7, 11) is 1.64. The Bertz CT molecular complexity index is 1330. The van der Waals surface area contributed by atoms with E-state index in [0.717, 1.165) is 24.4 Å². The molecule has 1 N–H and O–H groups in total. The van der Waals surface area contributed by atoms with Crippen molar-refractivity contribution < 1.29 is 9.53 Å². The minimum Gasteiger partial charge on any atom is -0.497 e. The van der Waals surface area contributed by atoms with Crippen LogP contribution < -0.4 is 20.9 Å². The number of nitrogens with zero attached hydrogens (tertiary/aromatic N) is 4. The first-order valence-corrected chi connectivity index (χ1v) is 12.2. The first kappa shape index (κ1) is 24.5. The SMILES string of the molecule is CCCn1c(=O)[nH]c(=O)c2c(C(=O)N3CCCN(c4ccc(OC)cc4)CC3)cc(C(C)C)nc21. The number of methoxy groups -OCH3 is 1. The molecule has 1 fully saturated rings. The van der Waals surface area contributed by atoms with Crippen molar-refractivity contribution in [1.82, 2.24) is 19.4 Å². The lowest BCUT2D eigenvalue weighted by Crippen LogP contribution is -2.37. The molecule has 1 amide bonds. The Morgan fingerprint density at radius 2 is 1.86 bits per heavy atom. The van der Waals surface area contributed by atoms with Crippen molar-refractivity contribution in [3.8, 4) is 5.75 Å². The normalized spacial score (nSPS) is 14.4. The van der Waals surface area contributed by atoms with Crippen LogP contribution in [-0.4, -0.2) is 58.6 Å². The smallest absolute Gasteiger partial charge is 0.329 e. The highest BCUT2D eigenvalue weighted by atomic mass is 16.5. The second kappa shape index (κ2) is 10.3. The topological polar surface area (TPSA) is 101 Å². The number of fused-ring (bicyclic) bond motifs is 1. The molecule has 0 unspecified atom stereocenters. The van der Waals surface area contributed by atoms with Crippen molar-refractivity contribution in [2.75, 3.05) is 38.2 Å². The van der Waals surface area contributed by atoms with Crippen LogP contribution in [0.2, 0.25) is 0 Å². The van der Waals surface area contributed by atoms with Gasteiger partial charge in [-0.05, 0) is 49.1 Å². The summed E-state index contributed by atoms with van der Waals surface area (Å²) in [6.07, 6.45) is 1.50. The van der Waals surface area contributed by atoms with Gasteiger partial charge in [0.25, 0.3) is 11.5 Å². The molecular weight excluding hydrogens is 446 g/mol. The average Bonchev–Trinajstić information content (AvgIpc) is 3.11. The van der Waals surface area contributed by atoms with E-state index >= 15 is 0 Å². The zero-order valence-corrected chi connectivity index (χ0v) is 20.8.